The summed E-state index contributed by atoms with van der Waals surface area (Å²) < 4.78 is 5.10. The molecule has 2 N–H and O–H groups in total. The lowest BCUT2D eigenvalue weighted by Crippen LogP contribution is -2.30. The number of aromatic carboxylic acids is 1. The van der Waals surface area contributed by atoms with Crippen LogP contribution in [0.15, 0.2) is 28.8 Å². The summed E-state index contributed by atoms with van der Waals surface area (Å²) in [5.74, 6) is -0.568. The number of benzene rings is 1. The number of hydrogen-bond donors (Lipinski definition) is 2. The zero-order valence-electron chi connectivity index (χ0n) is 13.4. The fraction of sp³-hybridized carbons (Fsp3) is 0.353. The number of hydrogen-bond acceptors (Lipinski definition) is 4. The van der Waals surface area contributed by atoms with Gasteiger partial charge in [-0.15, -0.1) is 0 Å². The third kappa shape index (κ3) is 4.18. The van der Waals surface area contributed by atoms with E-state index in [-0.39, 0.29) is 17.4 Å². The minimum atomic E-state index is -0.982. The first kappa shape index (κ1) is 16.7. The number of carbonyl (C=O) groups is 2. The van der Waals surface area contributed by atoms with Crippen molar-refractivity contribution in [3.8, 4) is 0 Å². The van der Waals surface area contributed by atoms with E-state index in [0.29, 0.717) is 13.0 Å². The normalized spacial score (nSPS) is 12.0. The fourth-order valence-corrected chi connectivity index (χ4v) is 2.37. The molecule has 0 aliphatic heterocycles. The maximum absolute atomic E-state index is 12.2. The third-order valence-electron chi connectivity index (χ3n) is 3.78. The molecule has 0 saturated heterocycles. The summed E-state index contributed by atoms with van der Waals surface area (Å²) in [6.07, 6.45) is 0.558. The van der Waals surface area contributed by atoms with Crippen LogP contribution >= 0.6 is 0 Å². The molecule has 1 atom stereocenters. The van der Waals surface area contributed by atoms with Gasteiger partial charge in [0.1, 0.15) is 5.76 Å². The Bertz CT molecular complexity index is 702. The first-order chi connectivity index (χ1) is 10.9. The summed E-state index contributed by atoms with van der Waals surface area (Å²) in [5.41, 5.74) is 2.72. The number of nitrogens with one attached hydrogen (secondary N) is 1. The van der Waals surface area contributed by atoms with E-state index in [1.54, 1.807) is 18.2 Å². The molecule has 1 aromatic heterocycles. The van der Waals surface area contributed by atoms with Crippen molar-refractivity contribution >= 4 is 11.9 Å². The highest BCUT2D eigenvalue weighted by Gasteiger charge is 2.18. The smallest absolute Gasteiger partial charge is 0.335 e. The highest BCUT2D eigenvalue weighted by molar-refractivity contribution is 5.87. The Labute approximate surface area is 134 Å². The van der Waals surface area contributed by atoms with Crippen molar-refractivity contribution in [1.82, 2.24) is 10.5 Å². The Morgan fingerprint density at radius 3 is 2.70 bits per heavy atom. The van der Waals surface area contributed by atoms with Gasteiger partial charge in [-0.3, -0.25) is 4.79 Å². The number of amides is 1. The van der Waals surface area contributed by atoms with Crippen molar-refractivity contribution in [1.29, 1.82) is 0 Å². The van der Waals surface area contributed by atoms with E-state index in [4.69, 9.17) is 9.63 Å². The summed E-state index contributed by atoms with van der Waals surface area (Å²) in [5, 5.41) is 15.7. The maximum atomic E-state index is 12.2. The number of carboxylic acid groups (broad SMARTS) is 1. The van der Waals surface area contributed by atoms with Gasteiger partial charge in [-0.25, -0.2) is 4.79 Å². The first-order valence-electron chi connectivity index (χ1n) is 7.40. The second-order valence-corrected chi connectivity index (χ2v) is 5.63. The first-order valence-corrected chi connectivity index (χ1v) is 7.40. The van der Waals surface area contributed by atoms with Crippen molar-refractivity contribution in [2.75, 3.05) is 0 Å². The van der Waals surface area contributed by atoms with Gasteiger partial charge < -0.3 is 14.9 Å². The Morgan fingerprint density at radius 2 is 2.09 bits per heavy atom. The number of nitrogens with zero attached hydrogens (tertiary/aromatic N) is 1. The van der Waals surface area contributed by atoms with E-state index < -0.39 is 5.97 Å². The Morgan fingerprint density at radius 1 is 1.35 bits per heavy atom. The quantitative estimate of drug-likeness (QED) is 0.854. The Balaban J connectivity index is 1.94. The summed E-state index contributed by atoms with van der Waals surface area (Å²) >= 11 is 0. The van der Waals surface area contributed by atoms with Crippen molar-refractivity contribution < 1.29 is 19.2 Å². The van der Waals surface area contributed by atoms with E-state index in [0.717, 1.165) is 22.6 Å². The monoisotopic (exact) mass is 316 g/mol. The number of aromatic nitrogens is 1. The molecule has 0 bridgehead atoms. The van der Waals surface area contributed by atoms with Crippen LogP contribution < -0.4 is 5.32 Å². The van der Waals surface area contributed by atoms with E-state index in [1.807, 2.05) is 20.8 Å². The van der Waals surface area contributed by atoms with Gasteiger partial charge in [0.25, 0.3) is 0 Å². The molecule has 122 valence electrons. The van der Waals surface area contributed by atoms with Crippen LogP contribution in [0, 0.1) is 19.8 Å². The minimum Gasteiger partial charge on any atom is -0.478 e. The average Bonchev–Trinajstić information content (AvgIpc) is 2.84. The van der Waals surface area contributed by atoms with E-state index in [1.165, 1.54) is 6.07 Å². The van der Waals surface area contributed by atoms with Crippen molar-refractivity contribution in [2.24, 2.45) is 5.92 Å². The van der Waals surface area contributed by atoms with Crippen LogP contribution in [-0.4, -0.2) is 22.1 Å². The van der Waals surface area contributed by atoms with Crippen LogP contribution in [0.1, 0.15) is 39.9 Å². The zero-order valence-corrected chi connectivity index (χ0v) is 13.4. The van der Waals surface area contributed by atoms with E-state index >= 15 is 0 Å². The summed E-state index contributed by atoms with van der Waals surface area (Å²) in [7, 11) is 0. The zero-order chi connectivity index (χ0) is 17.0. The predicted molar refractivity (Wildman–Crippen MR) is 84.1 cm³/mol. The lowest BCUT2D eigenvalue weighted by Gasteiger charge is -2.12. The molecular weight excluding hydrogens is 296 g/mol. The van der Waals surface area contributed by atoms with Crippen LogP contribution in [0.4, 0.5) is 0 Å². The number of aryl methyl sites for hydroxylation is 2. The molecule has 0 radical (unpaired) electrons. The van der Waals surface area contributed by atoms with Gasteiger partial charge in [-0.1, -0.05) is 24.2 Å². The van der Waals surface area contributed by atoms with Crippen LogP contribution in [0.2, 0.25) is 0 Å². The van der Waals surface area contributed by atoms with Gasteiger partial charge >= 0.3 is 5.97 Å². The Hall–Kier alpha value is -2.63. The van der Waals surface area contributed by atoms with Crippen molar-refractivity contribution in [2.45, 2.75) is 33.7 Å². The second-order valence-electron chi connectivity index (χ2n) is 5.63. The number of carbonyl (C=O) groups excluding carboxylic acids is 1. The molecule has 1 unspecified atom stereocenters. The van der Waals surface area contributed by atoms with Crippen molar-refractivity contribution in [3.05, 3.63) is 52.4 Å². The molecule has 0 saturated carbocycles. The third-order valence-corrected chi connectivity index (χ3v) is 3.78. The molecule has 0 spiro atoms. The highest BCUT2D eigenvalue weighted by atomic mass is 16.5. The van der Waals surface area contributed by atoms with Crippen LogP contribution in [0.5, 0.6) is 0 Å². The molecule has 1 heterocycles. The van der Waals surface area contributed by atoms with E-state index in [2.05, 4.69) is 10.5 Å². The molecule has 2 rings (SSSR count). The predicted octanol–water partition coefficient (Wildman–Crippen LogP) is 2.48. The molecule has 1 aromatic carbocycles. The topological polar surface area (TPSA) is 92.4 Å². The van der Waals surface area contributed by atoms with E-state index in [9.17, 15) is 9.59 Å². The number of rotatable bonds is 6. The van der Waals surface area contributed by atoms with Crippen LogP contribution in [0.25, 0.3) is 0 Å². The summed E-state index contributed by atoms with van der Waals surface area (Å²) in [6.45, 7) is 5.83. The van der Waals surface area contributed by atoms with Crippen LogP contribution in [-0.2, 0) is 17.8 Å². The molecule has 1 amide bonds. The van der Waals surface area contributed by atoms with Crippen LogP contribution in [0.3, 0.4) is 0 Å². The van der Waals surface area contributed by atoms with Gasteiger partial charge in [0.15, 0.2) is 0 Å². The standard InChI is InChI=1S/C17H20N2O4/c1-10(7-15-11(2)19-23-12(15)3)16(20)18-9-13-5-4-6-14(8-13)17(21)22/h4-6,8,10H,7,9H2,1-3H3,(H,18,20)(H,21,22). The molecular formula is C17H20N2O4. The molecule has 2 aromatic rings. The molecule has 23 heavy (non-hydrogen) atoms. The minimum absolute atomic E-state index is 0.0919. The van der Waals surface area contributed by atoms with Gasteiger partial charge in [-0.2, -0.15) is 0 Å². The van der Waals surface area contributed by atoms with Gasteiger partial charge in [0.2, 0.25) is 5.91 Å². The summed E-state index contributed by atoms with van der Waals surface area (Å²) in [6, 6.07) is 6.53. The highest BCUT2D eigenvalue weighted by Crippen LogP contribution is 2.17. The second kappa shape index (κ2) is 7.09. The number of carboxylic acids is 1. The summed E-state index contributed by atoms with van der Waals surface area (Å²) in [4.78, 5) is 23.1. The molecule has 0 aliphatic rings. The molecule has 6 nitrogen and oxygen atoms in total. The molecule has 6 heteroatoms. The average molecular weight is 316 g/mol. The van der Waals surface area contributed by atoms with Gasteiger partial charge in [-0.05, 0) is 38.0 Å². The molecule has 0 aliphatic carbocycles. The SMILES string of the molecule is Cc1noc(C)c1CC(C)C(=O)NCc1cccc(C(=O)O)c1. The lowest BCUT2D eigenvalue weighted by atomic mass is 9.99. The van der Waals surface area contributed by atoms with Crippen molar-refractivity contribution in [3.63, 3.8) is 0 Å². The largest absolute Gasteiger partial charge is 0.478 e. The van der Waals surface area contributed by atoms with Gasteiger partial charge in [0.05, 0.1) is 11.3 Å². The maximum Gasteiger partial charge on any atom is 0.335 e. The molecule has 0 fully saturated rings. The fourth-order valence-electron chi connectivity index (χ4n) is 2.37. The lowest BCUT2D eigenvalue weighted by molar-refractivity contribution is -0.124. The van der Waals surface area contributed by atoms with Gasteiger partial charge in [0, 0.05) is 18.0 Å². The Kier molecular flexibility index (Phi) is 5.16.